The van der Waals surface area contributed by atoms with Crippen LogP contribution in [0.2, 0.25) is 10.0 Å². The summed E-state index contributed by atoms with van der Waals surface area (Å²) in [6.07, 6.45) is -2.37. The molecule has 5 rings (SSSR count). The molecule has 192 valence electrons. The highest BCUT2D eigenvalue weighted by Gasteiger charge is 2.31. The minimum absolute atomic E-state index is 0.0109. The van der Waals surface area contributed by atoms with E-state index in [1.807, 2.05) is 6.92 Å². The van der Waals surface area contributed by atoms with Crippen LogP contribution < -0.4 is 5.32 Å². The maximum atomic E-state index is 13.1. The van der Waals surface area contributed by atoms with Crippen molar-refractivity contribution in [2.24, 2.45) is 5.92 Å². The van der Waals surface area contributed by atoms with Crippen LogP contribution >= 0.6 is 23.2 Å². The Balaban J connectivity index is 1.71. The number of fused-ring (bicyclic) bond motifs is 1. The number of aromatic carboxylic acids is 1. The van der Waals surface area contributed by atoms with Gasteiger partial charge < -0.3 is 15.0 Å². The molecule has 0 spiro atoms. The molecular formula is C25H20Cl2F3N5O2. The zero-order valence-corrected chi connectivity index (χ0v) is 20.9. The zero-order chi connectivity index (χ0) is 26.5. The number of hydrogen-bond donors (Lipinski definition) is 2. The molecule has 0 radical (unpaired) electrons. The lowest BCUT2D eigenvalue weighted by Crippen LogP contribution is -2.20. The van der Waals surface area contributed by atoms with Crippen molar-refractivity contribution in [3.05, 3.63) is 69.5 Å². The zero-order valence-electron chi connectivity index (χ0n) is 19.4. The summed E-state index contributed by atoms with van der Waals surface area (Å²) in [5.41, 5.74) is 0.822. The molecule has 1 saturated carbocycles. The molecular weight excluding hydrogens is 530 g/mol. The number of anilines is 1. The van der Waals surface area contributed by atoms with Crippen molar-refractivity contribution in [1.82, 2.24) is 19.5 Å². The summed E-state index contributed by atoms with van der Waals surface area (Å²) >= 11 is 12.6. The fraction of sp³-hybridized carbons (Fsp3) is 0.280. The number of carboxylic acids is 1. The molecule has 0 aliphatic heterocycles. The highest BCUT2D eigenvalue weighted by molar-refractivity contribution is 6.36. The SMILES string of the molecule is CC(Nc1nc(C(=O)O)nc2nc(-c3ccc(Cl)cc3Cl)n(Cc3ccc(C(F)(F)F)cc3)c12)C1CC1. The average Bonchev–Trinajstić information content (AvgIpc) is 3.62. The van der Waals surface area contributed by atoms with E-state index in [0.29, 0.717) is 38.4 Å². The lowest BCUT2D eigenvalue weighted by atomic mass is 10.1. The predicted molar refractivity (Wildman–Crippen MR) is 134 cm³/mol. The second-order valence-electron chi connectivity index (χ2n) is 8.98. The van der Waals surface area contributed by atoms with Gasteiger partial charge in [0.15, 0.2) is 11.5 Å². The molecule has 4 aromatic rings. The van der Waals surface area contributed by atoms with Gasteiger partial charge in [0.05, 0.1) is 10.6 Å². The Morgan fingerprint density at radius 2 is 1.84 bits per heavy atom. The molecule has 1 aliphatic carbocycles. The van der Waals surface area contributed by atoms with E-state index in [0.717, 1.165) is 25.0 Å². The number of imidazole rings is 1. The lowest BCUT2D eigenvalue weighted by molar-refractivity contribution is -0.137. The van der Waals surface area contributed by atoms with Crippen LogP contribution in [-0.2, 0) is 12.7 Å². The standard InChI is InChI=1S/C25H20Cl2F3N5O2/c1-12(14-4-5-14)31-20-19-21(33-22(32-20)24(36)37)34-23(17-9-8-16(26)10-18(17)27)35(19)11-13-2-6-15(7-3-13)25(28,29)30/h2-3,6-10,12,14H,4-5,11H2,1H3,(H,36,37)(H,31,32,33). The Labute approximate surface area is 219 Å². The van der Waals surface area contributed by atoms with E-state index in [1.54, 1.807) is 22.8 Å². The second-order valence-corrected chi connectivity index (χ2v) is 9.83. The molecule has 2 aromatic heterocycles. The van der Waals surface area contributed by atoms with Gasteiger partial charge in [-0.25, -0.2) is 19.7 Å². The number of alkyl halides is 3. The summed E-state index contributed by atoms with van der Waals surface area (Å²) in [6, 6.07) is 9.64. The van der Waals surface area contributed by atoms with E-state index < -0.39 is 23.5 Å². The minimum Gasteiger partial charge on any atom is -0.475 e. The Hall–Kier alpha value is -3.37. The number of rotatable bonds is 7. The van der Waals surface area contributed by atoms with Crippen molar-refractivity contribution in [3.8, 4) is 11.4 Å². The van der Waals surface area contributed by atoms with Gasteiger partial charge in [-0.2, -0.15) is 13.2 Å². The van der Waals surface area contributed by atoms with Gasteiger partial charge in [0.25, 0.3) is 0 Å². The van der Waals surface area contributed by atoms with E-state index in [9.17, 15) is 23.1 Å². The highest BCUT2D eigenvalue weighted by Crippen LogP contribution is 2.37. The Morgan fingerprint density at radius 3 is 2.43 bits per heavy atom. The number of nitrogens with zero attached hydrogens (tertiary/aromatic N) is 4. The quantitative estimate of drug-likeness (QED) is 0.264. The number of carbonyl (C=O) groups is 1. The molecule has 2 N–H and O–H groups in total. The normalized spacial score (nSPS) is 14.6. The number of aromatic nitrogens is 4. The van der Waals surface area contributed by atoms with E-state index >= 15 is 0 Å². The van der Waals surface area contributed by atoms with E-state index in [1.165, 1.54) is 12.1 Å². The summed E-state index contributed by atoms with van der Waals surface area (Å²) in [4.78, 5) is 24.8. The fourth-order valence-corrected chi connectivity index (χ4v) is 4.67. The van der Waals surface area contributed by atoms with Crippen molar-refractivity contribution in [2.75, 3.05) is 5.32 Å². The van der Waals surface area contributed by atoms with Crippen LogP contribution in [0.1, 0.15) is 41.5 Å². The molecule has 0 bridgehead atoms. The topological polar surface area (TPSA) is 92.9 Å². The van der Waals surface area contributed by atoms with Gasteiger partial charge in [0.2, 0.25) is 5.82 Å². The first-order valence-electron chi connectivity index (χ1n) is 11.4. The molecule has 0 amide bonds. The maximum Gasteiger partial charge on any atom is 0.416 e. The summed E-state index contributed by atoms with van der Waals surface area (Å²) in [6.45, 7) is 2.09. The summed E-state index contributed by atoms with van der Waals surface area (Å²) in [5.74, 6) is -0.693. The third-order valence-corrected chi connectivity index (χ3v) is 6.83. The molecule has 12 heteroatoms. The molecule has 1 fully saturated rings. The van der Waals surface area contributed by atoms with Gasteiger partial charge in [-0.15, -0.1) is 0 Å². The number of halogens is 5. The molecule has 1 atom stereocenters. The Morgan fingerprint density at radius 1 is 1.14 bits per heavy atom. The molecule has 2 aromatic carbocycles. The number of hydrogen-bond acceptors (Lipinski definition) is 5. The first-order valence-corrected chi connectivity index (χ1v) is 12.2. The van der Waals surface area contributed by atoms with E-state index in [-0.39, 0.29) is 24.1 Å². The third kappa shape index (κ3) is 5.21. The van der Waals surface area contributed by atoms with Crippen molar-refractivity contribution >= 4 is 46.2 Å². The van der Waals surface area contributed by atoms with Crippen LogP contribution in [0.15, 0.2) is 42.5 Å². The largest absolute Gasteiger partial charge is 0.475 e. The van der Waals surface area contributed by atoms with E-state index in [4.69, 9.17) is 23.2 Å². The van der Waals surface area contributed by atoms with Gasteiger partial charge in [0.1, 0.15) is 11.3 Å². The van der Waals surface area contributed by atoms with Crippen LogP contribution in [0.25, 0.3) is 22.6 Å². The van der Waals surface area contributed by atoms with Gasteiger partial charge in [-0.3, -0.25) is 0 Å². The van der Waals surface area contributed by atoms with Crippen molar-refractivity contribution in [3.63, 3.8) is 0 Å². The molecule has 7 nitrogen and oxygen atoms in total. The lowest BCUT2D eigenvalue weighted by Gasteiger charge is -2.17. The molecule has 2 heterocycles. The van der Waals surface area contributed by atoms with Crippen LogP contribution in [-0.4, -0.2) is 36.6 Å². The summed E-state index contributed by atoms with van der Waals surface area (Å²) in [5, 5.41) is 13.6. The number of nitrogens with one attached hydrogen (secondary N) is 1. The Bertz CT molecular complexity index is 1500. The first-order chi connectivity index (χ1) is 17.5. The van der Waals surface area contributed by atoms with Crippen LogP contribution in [0, 0.1) is 5.92 Å². The molecule has 0 saturated heterocycles. The fourth-order valence-electron chi connectivity index (χ4n) is 4.17. The molecule has 37 heavy (non-hydrogen) atoms. The van der Waals surface area contributed by atoms with Gasteiger partial charge in [-0.05, 0) is 61.6 Å². The highest BCUT2D eigenvalue weighted by atomic mass is 35.5. The first kappa shape index (κ1) is 25.3. The van der Waals surface area contributed by atoms with Gasteiger partial charge in [0, 0.05) is 23.2 Å². The Kier molecular flexibility index (Phi) is 6.49. The molecule has 1 unspecified atom stereocenters. The van der Waals surface area contributed by atoms with Crippen molar-refractivity contribution in [2.45, 2.75) is 38.5 Å². The van der Waals surface area contributed by atoms with E-state index in [2.05, 4.69) is 20.3 Å². The number of carboxylic acid groups (broad SMARTS) is 1. The monoisotopic (exact) mass is 549 g/mol. The molecule has 1 aliphatic rings. The average molecular weight is 550 g/mol. The van der Waals surface area contributed by atoms with Crippen LogP contribution in [0.4, 0.5) is 19.0 Å². The van der Waals surface area contributed by atoms with Crippen molar-refractivity contribution < 1.29 is 23.1 Å². The van der Waals surface area contributed by atoms with Gasteiger partial charge in [-0.1, -0.05) is 35.3 Å². The predicted octanol–water partition coefficient (Wildman–Crippen LogP) is 6.78. The van der Waals surface area contributed by atoms with Crippen LogP contribution in [0.3, 0.4) is 0 Å². The maximum absolute atomic E-state index is 13.1. The minimum atomic E-state index is -4.46. The second kappa shape index (κ2) is 9.50. The van der Waals surface area contributed by atoms with Gasteiger partial charge >= 0.3 is 12.1 Å². The van der Waals surface area contributed by atoms with Crippen molar-refractivity contribution in [1.29, 1.82) is 0 Å². The van der Waals surface area contributed by atoms with Crippen LogP contribution in [0.5, 0.6) is 0 Å². The third-order valence-electron chi connectivity index (χ3n) is 6.28. The smallest absolute Gasteiger partial charge is 0.416 e. The number of benzene rings is 2. The summed E-state index contributed by atoms with van der Waals surface area (Å²) < 4.78 is 41.0. The summed E-state index contributed by atoms with van der Waals surface area (Å²) in [7, 11) is 0.